The highest BCUT2D eigenvalue weighted by molar-refractivity contribution is 5.85. The van der Waals surface area contributed by atoms with Gasteiger partial charge in [0.25, 0.3) is 0 Å². The standard InChI is InChI=1S/C5H8F3N.ClH/c6-5(7,8)9-3-1-2-4-9;/h1-4H2;1H. The zero-order chi connectivity index (χ0) is 6.91. The average molecular weight is 176 g/mol. The zero-order valence-corrected chi connectivity index (χ0v) is 6.13. The molecule has 0 unspecified atom stereocenters. The maximum atomic E-state index is 11.7. The first kappa shape index (κ1) is 10.0. The second-order valence-corrected chi connectivity index (χ2v) is 2.16. The fourth-order valence-corrected chi connectivity index (χ4v) is 0.971. The highest BCUT2D eigenvalue weighted by Crippen LogP contribution is 2.25. The monoisotopic (exact) mass is 175 g/mol. The molecule has 1 nitrogen and oxygen atoms in total. The number of nitrogens with zero attached hydrogens (tertiary/aromatic N) is 1. The fraction of sp³-hybridized carbons (Fsp3) is 1.00. The average Bonchev–Trinajstić information content (AvgIpc) is 2.08. The molecule has 0 N–H and O–H groups in total. The third kappa shape index (κ3) is 2.34. The van der Waals surface area contributed by atoms with Gasteiger partial charge in [-0.25, -0.2) is 4.90 Å². The van der Waals surface area contributed by atoms with E-state index in [9.17, 15) is 13.2 Å². The Labute approximate surface area is 63.6 Å². The summed E-state index contributed by atoms with van der Waals surface area (Å²) in [6, 6.07) is 0. The number of halogens is 4. The molecule has 0 saturated carbocycles. The number of alkyl halides is 3. The summed E-state index contributed by atoms with van der Waals surface area (Å²) in [5, 5.41) is 0. The lowest BCUT2D eigenvalue weighted by Gasteiger charge is -2.17. The van der Waals surface area contributed by atoms with Gasteiger partial charge in [0, 0.05) is 13.1 Å². The van der Waals surface area contributed by atoms with Crippen molar-refractivity contribution < 1.29 is 13.2 Å². The van der Waals surface area contributed by atoms with Gasteiger partial charge in [-0.15, -0.1) is 12.4 Å². The van der Waals surface area contributed by atoms with Gasteiger partial charge in [0.05, 0.1) is 0 Å². The van der Waals surface area contributed by atoms with Crippen LogP contribution in [0.3, 0.4) is 0 Å². The first-order valence-corrected chi connectivity index (χ1v) is 2.92. The topological polar surface area (TPSA) is 3.24 Å². The van der Waals surface area contributed by atoms with Gasteiger partial charge in [-0.1, -0.05) is 0 Å². The van der Waals surface area contributed by atoms with E-state index in [4.69, 9.17) is 0 Å². The van der Waals surface area contributed by atoms with Crippen molar-refractivity contribution in [2.24, 2.45) is 0 Å². The van der Waals surface area contributed by atoms with Gasteiger partial charge < -0.3 is 0 Å². The Kier molecular flexibility index (Phi) is 3.45. The Hall–Kier alpha value is 0.0400. The summed E-state index contributed by atoms with van der Waals surface area (Å²) in [4.78, 5) is 0.549. The van der Waals surface area contributed by atoms with Crippen LogP contribution in [-0.2, 0) is 0 Å². The van der Waals surface area contributed by atoms with Gasteiger partial charge in [0.15, 0.2) is 0 Å². The SMILES string of the molecule is Cl.FC(F)(F)N1CCCC1. The molecule has 1 rings (SSSR count). The first-order valence-electron chi connectivity index (χ1n) is 2.92. The van der Waals surface area contributed by atoms with Crippen LogP contribution in [0.5, 0.6) is 0 Å². The van der Waals surface area contributed by atoms with Crippen LogP contribution in [0.15, 0.2) is 0 Å². The highest BCUT2D eigenvalue weighted by Gasteiger charge is 2.38. The van der Waals surface area contributed by atoms with Gasteiger partial charge in [0.2, 0.25) is 0 Å². The molecule has 1 fully saturated rings. The molecule has 0 radical (unpaired) electrons. The van der Waals surface area contributed by atoms with E-state index in [1.807, 2.05) is 0 Å². The molecule has 5 heteroatoms. The molecule has 10 heavy (non-hydrogen) atoms. The Balaban J connectivity index is 0.000000810. The second-order valence-electron chi connectivity index (χ2n) is 2.16. The maximum Gasteiger partial charge on any atom is 0.459 e. The van der Waals surface area contributed by atoms with Gasteiger partial charge in [0.1, 0.15) is 0 Å². The molecule has 1 aliphatic rings. The minimum atomic E-state index is -4.09. The Bertz CT molecular complexity index is 97.6. The maximum absolute atomic E-state index is 11.7. The molecule has 0 spiro atoms. The van der Waals surface area contributed by atoms with Gasteiger partial charge >= 0.3 is 6.30 Å². The smallest absolute Gasteiger partial charge is 0.214 e. The summed E-state index contributed by atoms with van der Waals surface area (Å²) in [5.41, 5.74) is 0. The highest BCUT2D eigenvalue weighted by atomic mass is 35.5. The fourth-order valence-electron chi connectivity index (χ4n) is 0.971. The van der Waals surface area contributed by atoms with Crippen molar-refractivity contribution in [1.29, 1.82) is 0 Å². The molecule has 62 valence electrons. The summed E-state index contributed by atoms with van der Waals surface area (Å²) >= 11 is 0. The second kappa shape index (κ2) is 3.44. The molecule has 0 aromatic carbocycles. The van der Waals surface area contributed by atoms with E-state index in [1.54, 1.807) is 0 Å². The lowest BCUT2D eigenvalue weighted by atomic mass is 10.4. The van der Waals surface area contributed by atoms with E-state index in [0.29, 0.717) is 17.7 Å². The predicted octanol–water partition coefficient (Wildman–Crippen LogP) is 2.02. The number of hydrogen-bond donors (Lipinski definition) is 0. The molecular weight excluding hydrogens is 167 g/mol. The van der Waals surface area contributed by atoms with Crippen LogP contribution in [0, 0.1) is 0 Å². The summed E-state index contributed by atoms with van der Waals surface area (Å²) in [6.07, 6.45) is -2.73. The van der Waals surface area contributed by atoms with Crippen molar-refractivity contribution >= 4 is 12.4 Å². The molecule has 0 atom stereocenters. The number of hydrogen-bond acceptors (Lipinski definition) is 1. The summed E-state index contributed by atoms with van der Waals surface area (Å²) in [6.45, 7) is 0.368. The van der Waals surface area contributed by atoms with Crippen molar-refractivity contribution in [3.05, 3.63) is 0 Å². The molecule has 0 bridgehead atoms. The normalized spacial score (nSPS) is 20.7. The van der Waals surface area contributed by atoms with Crippen molar-refractivity contribution in [1.82, 2.24) is 4.90 Å². The van der Waals surface area contributed by atoms with Crippen molar-refractivity contribution in [2.45, 2.75) is 19.1 Å². The Morgan fingerprint density at radius 1 is 1.00 bits per heavy atom. The van der Waals surface area contributed by atoms with Crippen LogP contribution in [0.25, 0.3) is 0 Å². The van der Waals surface area contributed by atoms with Crippen molar-refractivity contribution in [3.8, 4) is 0 Å². The number of likely N-dealkylation sites (tertiary alicyclic amines) is 1. The van der Waals surface area contributed by atoms with Gasteiger partial charge in [-0.05, 0) is 12.8 Å². The van der Waals surface area contributed by atoms with Gasteiger partial charge in [-0.3, -0.25) is 0 Å². The largest absolute Gasteiger partial charge is 0.459 e. The molecule has 0 aromatic heterocycles. The molecule has 0 amide bonds. The lowest BCUT2D eigenvalue weighted by Crippen LogP contribution is -2.34. The molecule has 0 aromatic rings. The number of rotatable bonds is 0. The van der Waals surface area contributed by atoms with Crippen LogP contribution in [0.1, 0.15) is 12.8 Å². The first-order chi connectivity index (χ1) is 4.11. The predicted molar refractivity (Wildman–Crippen MR) is 34.1 cm³/mol. The minimum Gasteiger partial charge on any atom is -0.214 e. The zero-order valence-electron chi connectivity index (χ0n) is 5.32. The van der Waals surface area contributed by atoms with Crippen molar-refractivity contribution in [2.75, 3.05) is 13.1 Å². The molecule has 1 heterocycles. The summed E-state index contributed by atoms with van der Waals surface area (Å²) in [5.74, 6) is 0. The van der Waals surface area contributed by atoms with Crippen LogP contribution in [0.2, 0.25) is 0 Å². The van der Waals surface area contributed by atoms with Crippen molar-refractivity contribution in [3.63, 3.8) is 0 Å². The van der Waals surface area contributed by atoms with E-state index < -0.39 is 6.30 Å². The summed E-state index contributed by atoms with van der Waals surface area (Å²) < 4.78 is 35.1. The van der Waals surface area contributed by atoms with Crippen LogP contribution in [0.4, 0.5) is 13.2 Å². The van der Waals surface area contributed by atoms with Crippen LogP contribution < -0.4 is 0 Å². The lowest BCUT2D eigenvalue weighted by molar-refractivity contribution is -0.238. The van der Waals surface area contributed by atoms with E-state index in [1.165, 1.54) is 0 Å². The Morgan fingerprint density at radius 3 is 1.60 bits per heavy atom. The van der Waals surface area contributed by atoms with E-state index in [-0.39, 0.29) is 25.5 Å². The third-order valence-corrected chi connectivity index (χ3v) is 1.46. The van der Waals surface area contributed by atoms with E-state index in [2.05, 4.69) is 0 Å². The minimum absolute atomic E-state index is 0. The third-order valence-electron chi connectivity index (χ3n) is 1.46. The summed E-state index contributed by atoms with van der Waals surface area (Å²) in [7, 11) is 0. The quantitative estimate of drug-likeness (QED) is 0.509. The Morgan fingerprint density at radius 2 is 1.40 bits per heavy atom. The molecular formula is C5H9ClF3N. The van der Waals surface area contributed by atoms with Gasteiger partial charge in [-0.2, -0.15) is 13.2 Å². The van der Waals surface area contributed by atoms with Crippen LogP contribution in [-0.4, -0.2) is 24.3 Å². The van der Waals surface area contributed by atoms with E-state index in [0.717, 1.165) is 0 Å². The molecule has 1 saturated heterocycles. The van der Waals surface area contributed by atoms with Crippen LogP contribution >= 0.6 is 12.4 Å². The molecule has 0 aliphatic carbocycles. The van der Waals surface area contributed by atoms with E-state index >= 15 is 0 Å². The molecule has 1 aliphatic heterocycles.